The molecule has 1 aliphatic rings. The highest BCUT2D eigenvalue weighted by molar-refractivity contribution is 7.71. The first kappa shape index (κ1) is 20.0. The van der Waals surface area contributed by atoms with E-state index in [0.717, 1.165) is 17.1 Å². The molecule has 4 rings (SSSR count). The van der Waals surface area contributed by atoms with Crippen molar-refractivity contribution < 1.29 is 4.90 Å². The number of benzene rings is 1. The largest absolute Gasteiger partial charge is 0.318 e. The zero-order valence-electron chi connectivity index (χ0n) is 17.8. The van der Waals surface area contributed by atoms with E-state index in [4.69, 9.17) is 12.2 Å². The fraction of sp³-hybridized carbons (Fsp3) is 0.500. The van der Waals surface area contributed by atoms with E-state index in [1.807, 2.05) is 0 Å². The molecule has 1 N–H and O–H groups in total. The van der Waals surface area contributed by atoms with Crippen molar-refractivity contribution >= 4 is 12.2 Å². The fourth-order valence-electron chi connectivity index (χ4n) is 4.49. The molecule has 1 aliphatic carbocycles. The summed E-state index contributed by atoms with van der Waals surface area (Å²) in [5.74, 6) is 0. The van der Waals surface area contributed by atoms with Crippen molar-refractivity contribution in [2.24, 2.45) is 0 Å². The molecule has 0 spiro atoms. The Hall–Kier alpha value is -2.25. The number of nitrogens with one attached hydrogen (secondary N) is 1. The molecule has 0 radical (unpaired) electrons. The third-order valence-electron chi connectivity index (χ3n) is 6.64. The van der Waals surface area contributed by atoms with Gasteiger partial charge < -0.3 is 9.47 Å². The second kappa shape index (κ2) is 8.24. The third-order valence-corrected chi connectivity index (χ3v) is 7.06. The van der Waals surface area contributed by atoms with Gasteiger partial charge in [-0.05, 0) is 58.0 Å². The highest BCUT2D eigenvalue weighted by Crippen LogP contribution is 2.32. The van der Waals surface area contributed by atoms with Gasteiger partial charge in [0.2, 0.25) is 0 Å². The number of imidazole rings is 1. The number of hydrogen-bond acceptors (Lipinski definition) is 3. The summed E-state index contributed by atoms with van der Waals surface area (Å²) in [6, 6.07) is 9.52. The molecule has 154 valence electrons. The van der Waals surface area contributed by atoms with E-state index in [9.17, 15) is 0 Å². The normalized spacial score (nSPS) is 17.0. The van der Waals surface area contributed by atoms with E-state index < -0.39 is 0 Å². The number of hydrogen-bond donors (Lipinski definition) is 1. The number of nitrogens with zero attached hydrogens (tertiary/aromatic N) is 5. The lowest BCUT2D eigenvalue weighted by Crippen LogP contribution is -3.08. The van der Waals surface area contributed by atoms with Crippen LogP contribution in [0.25, 0.3) is 5.69 Å². The Bertz CT molecular complexity index is 1010. The SMILES string of the molecule is Cc1c(C)n(C2CCCC2)c(=S)n1C[NH+](C)[C@H](C)c1ccc(-n2cncn2)cc1. The minimum absolute atomic E-state index is 0.358. The van der Waals surface area contributed by atoms with Crippen molar-refractivity contribution in [1.29, 1.82) is 0 Å². The standard InChI is InChI=1S/C22H30N6S/c1-16-17(2)28(21-7-5-6-8-21)22(29)26(16)15-25(4)18(3)19-9-11-20(12-10-19)27-14-23-13-24-27/h9-14,18,21H,5-8,15H2,1-4H3/p+1/t18-/m1/s1. The van der Waals surface area contributed by atoms with Crippen molar-refractivity contribution in [3.8, 4) is 5.69 Å². The molecule has 0 bridgehead atoms. The average molecular weight is 412 g/mol. The van der Waals surface area contributed by atoms with E-state index in [2.05, 4.69) is 71.3 Å². The minimum Gasteiger partial charge on any atom is -0.318 e. The van der Waals surface area contributed by atoms with Gasteiger partial charge in [0.1, 0.15) is 18.7 Å². The van der Waals surface area contributed by atoms with Crippen LogP contribution in [-0.2, 0) is 6.67 Å². The van der Waals surface area contributed by atoms with Gasteiger partial charge in [-0.1, -0.05) is 25.0 Å². The van der Waals surface area contributed by atoms with Crippen LogP contribution in [0.5, 0.6) is 0 Å². The van der Waals surface area contributed by atoms with Crippen LogP contribution in [0, 0.1) is 18.6 Å². The van der Waals surface area contributed by atoms with Crippen LogP contribution in [0.2, 0.25) is 0 Å². The summed E-state index contributed by atoms with van der Waals surface area (Å²) in [5, 5.41) is 4.20. The maximum absolute atomic E-state index is 5.92. The minimum atomic E-state index is 0.358. The third kappa shape index (κ3) is 3.81. The lowest BCUT2D eigenvalue weighted by molar-refractivity contribution is -0.932. The highest BCUT2D eigenvalue weighted by Gasteiger charge is 2.24. The second-order valence-corrected chi connectivity index (χ2v) is 8.71. The molecule has 3 aromatic rings. The first-order valence-electron chi connectivity index (χ1n) is 10.5. The maximum atomic E-state index is 5.92. The molecule has 0 saturated heterocycles. The molecule has 0 aliphatic heterocycles. The Balaban J connectivity index is 1.52. The molecule has 2 aromatic heterocycles. The van der Waals surface area contributed by atoms with Crippen molar-refractivity contribution in [3.63, 3.8) is 0 Å². The van der Waals surface area contributed by atoms with E-state index in [1.54, 1.807) is 17.3 Å². The van der Waals surface area contributed by atoms with Crippen molar-refractivity contribution in [1.82, 2.24) is 23.9 Å². The first-order chi connectivity index (χ1) is 14.0. The summed E-state index contributed by atoms with van der Waals surface area (Å²) < 4.78 is 7.52. The zero-order chi connectivity index (χ0) is 20.5. The van der Waals surface area contributed by atoms with Crippen LogP contribution < -0.4 is 4.90 Å². The Labute approximate surface area is 177 Å². The van der Waals surface area contributed by atoms with Gasteiger partial charge in [-0.2, -0.15) is 5.10 Å². The van der Waals surface area contributed by atoms with E-state index in [1.165, 1.54) is 47.5 Å². The second-order valence-electron chi connectivity index (χ2n) is 8.35. The average Bonchev–Trinajstić information content (AvgIpc) is 3.48. The Morgan fingerprint density at radius 3 is 2.45 bits per heavy atom. The van der Waals surface area contributed by atoms with E-state index in [-0.39, 0.29) is 0 Å². The van der Waals surface area contributed by atoms with Gasteiger partial charge in [0, 0.05) is 23.0 Å². The van der Waals surface area contributed by atoms with Gasteiger partial charge in [0.05, 0.1) is 12.7 Å². The zero-order valence-corrected chi connectivity index (χ0v) is 18.6. The predicted octanol–water partition coefficient (Wildman–Crippen LogP) is 3.57. The molecule has 7 heteroatoms. The molecule has 0 amide bonds. The van der Waals surface area contributed by atoms with Crippen LogP contribution in [0.4, 0.5) is 0 Å². The fourth-order valence-corrected chi connectivity index (χ4v) is 4.98. The molecule has 1 aromatic carbocycles. The maximum Gasteiger partial charge on any atom is 0.184 e. The molecule has 1 unspecified atom stereocenters. The summed E-state index contributed by atoms with van der Waals surface area (Å²) in [6.07, 6.45) is 8.44. The van der Waals surface area contributed by atoms with Crippen LogP contribution in [0.3, 0.4) is 0 Å². The van der Waals surface area contributed by atoms with Crippen molar-refractivity contribution in [2.75, 3.05) is 7.05 Å². The van der Waals surface area contributed by atoms with Gasteiger partial charge in [0.25, 0.3) is 0 Å². The van der Waals surface area contributed by atoms with Crippen molar-refractivity contribution in [2.45, 2.75) is 65.2 Å². The van der Waals surface area contributed by atoms with Gasteiger partial charge in [0.15, 0.2) is 11.4 Å². The Morgan fingerprint density at radius 2 is 1.83 bits per heavy atom. The Morgan fingerprint density at radius 1 is 1.14 bits per heavy atom. The quantitative estimate of drug-likeness (QED) is 0.631. The van der Waals surface area contributed by atoms with Gasteiger partial charge in [-0.3, -0.25) is 4.57 Å². The lowest BCUT2D eigenvalue weighted by Gasteiger charge is -2.23. The first-order valence-corrected chi connectivity index (χ1v) is 10.9. The molecule has 2 atom stereocenters. The number of aromatic nitrogens is 5. The summed E-state index contributed by atoms with van der Waals surface area (Å²) >= 11 is 5.92. The smallest absolute Gasteiger partial charge is 0.184 e. The summed E-state index contributed by atoms with van der Waals surface area (Å²) in [7, 11) is 2.25. The van der Waals surface area contributed by atoms with Crippen LogP contribution in [0.1, 0.15) is 61.6 Å². The van der Waals surface area contributed by atoms with Crippen LogP contribution >= 0.6 is 12.2 Å². The molecule has 29 heavy (non-hydrogen) atoms. The van der Waals surface area contributed by atoms with E-state index in [0.29, 0.717) is 12.1 Å². The Kier molecular flexibility index (Phi) is 5.69. The van der Waals surface area contributed by atoms with Gasteiger partial charge in [-0.25, -0.2) is 9.67 Å². The molecule has 2 heterocycles. The molecule has 1 fully saturated rings. The summed E-state index contributed by atoms with van der Waals surface area (Å²) in [4.78, 5) is 5.44. The molecular weight excluding hydrogens is 380 g/mol. The molecular formula is C22H31N6S+. The molecule has 6 nitrogen and oxygen atoms in total. The van der Waals surface area contributed by atoms with Gasteiger partial charge in [-0.15, -0.1) is 0 Å². The lowest BCUT2D eigenvalue weighted by atomic mass is 10.1. The summed E-state index contributed by atoms with van der Waals surface area (Å²) in [6.45, 7) is 7.58. The molecule has 1 saturated carbocycles. The van der Waals surface area contributed by atoms with Crippen LogP contribution in [-0.4, -0.2) is 30.9 Å². The monoisotopic (exact) mass is 411 g/mol. The predicted molar refractivity (Wildman–Crippen MR) is 117 cm³/mol. The van der Waals surface area contributed by atoms with Crippen molar-refractivity contribution in [3.05, 3.63) is 58.6 Å². The van der Waals surface area contributed by atoms with Crippen LogP contribution in [0.15, 0.2) is 36.9 Å². The topological polar surface area (TPSA) is 45.0 Å². The number of quaternary nitrogens is 1. The van der Waals surface area contributed by atoms with Gasteiger partial charge >= 0.3 is 0 Å². The van der Waals surface area contributed by atoms with E-state index >= 15 is 0 Å². The summed E-state index contributed by atoms with van der Waals surface area (Å²) in [5.41, 5.74) is 4.97. The highest BCUT2D eigenvalue weighted by atomic mass is 32.1. The number of rotatable bonds is 6.